The van der Waals surface area contributed by atoms with Crippen molar-refractivity contribution in [3.05, 3.63) is 35.6 Å². The summed E-state index contributed by atoms with van der Waals surface area (Å²) in [6.45, 7) is 0.388. The van der Waals surface area contributed by atoms with Crippen LogP contribution in [0.4, 0.5) is 4.39 Å². The number of hydrogen-bond donors (Lipinski definition) is 2. The molecule has 0 aromatic heterocycles. The molecule has 0 atom stereocenters. The third-order valence-electron chi connectivity index (χ3n) is 3.21. The van der Waals surface area contributed by atoms with Gasteiger partial charge in [-0.1, -0.05) is 12.1 Å². The minimum Gasteiger partial charge on any atom is -0.352 e. The summed E-state index contributed by atoms with van der Waals surface area (Å²) in [4.78, 5) is 11.7. The Morgan fingerprint density at radius 2 is 2.24 bits per heavy atom. The van der Waals surface area contributed by atoms with Crippen molar-refractivity contribution in [2.75, 3.05) is 5.75 Å². The number of nitrogens with one attached hydrogen (secondary N) is 1. The van der Waals surface area contributed by atoms with Gasteiger partial charge in [-0.25, -0.2) is 4.39 Å². The Morgan fingerprint density at radius 3 is 2.82 bits per heavy atom. The molecule has 1 aromatic rings. The van der Waals surface area contributed by atoms with Crippen LogP contribution in [-0.4, -0.2) is 11.7 Å². The topological polar surface area (TPSA) is 29.1 Å². The zero-order valence-corrected chi connectivity index (χ0v) is 10.5. The predicted octanol–water partition coefficient (Wildman–Crippen LogP) is 2.54. The van der Waals surface area contributed by atoms with E-state index in [1.165, 1.54) is 12.1 Å². The summed E-state index contributed by atoms with van der Waals surface area (Å²) in [5.74, 6) is 0.520. The number of carbonyl (C=O) groups is 1. The van der Waals surface area contributed by atoms with E-state index in [1.807, 2.05) is 0 Å². The Morgan fingerprint density at radius 1 is 1.47 bits per heavy atom. The van der Waals surface area contributed by atoms with E-state index < -0.39 is 0 Å². The highest BCUT2D eigenvalue weighted by molar-refractivity contribution is 7.80. The number of amides is 1. The summed E-state index contributed by atoms with van der Waals surface area (Å²) < 4.78 is 12.9. The average molecular weight is 253 g/mol. The molecule has 1 aliphatic carbocycles. The molecule has 0 aliphatic heterocycles. The van der Waals surface area contributed by atoms with Gasteiger partial charge >= 0.3 is 0 Å². The van der Waals surface area contributed by atoms with Crippen molar-refractivity contribution in [2.45, 2.75) is 25.8 Å². The normalized spacial score (nSPS) is 16.6. The number of halogens is 1. The fourth-order valence-corrected chi connectivity index (χ4v) is 2.25. The molecule has 1 aromatic carbocycles. The number of carbonyl (C=O) groups excluding carboxylic acids is 1. The molecule has 0 heterocycles. The Hall–Kier alpha value is -1.03. The third kappa shape index (κ3) is 3.46. The molecule has 1 N–H and O–H groups in total. The molecule has 1 amide bonds. The van der Waals surface area contributed by atoms with Crippen molar-refractivity contribution in [3.8, 4) is 0 Å². The van der Waals surface area contributed by atoms with Gasteiger partial charge in [-0.05, 0) is 41.7 Å². The summed E-state index contributed by atoms with van der Waals surface area (Å²) in [6, 6.07) is 6.28. The Labute approximate surface area is 106 Å². The smallest absolute Gasteiger partial charge is 0.220 e. The lowest BCUT2D eigenvalue weighted by Gasteiger charge is -2.11. The second-order valence-corrected chi connectivity index (χ2v) is 5.06. The Kier molecular flexibility index (Phi) is 3.72. The van der Waals surface area contributed by atoms with E-state index in [9.17, 15) is 9.18 Å². The lowest BCUT2D eigenvalue weighted by molar-refractivity contribution is -0.122. The van der Waals surface area contributed by atoms with E-state index >= 15 is 0 Å². The summed E-state index contributed by atoms with van der Waals surface area (Å²) in [6.07, 6.45) is 2.71. The standard InChI is InChI=1S/C13H16FNOS/c14-11-3-1-2-10(6-11)8-15-12(16)7-13(9-17)4-5-13/h1-3,6,17H,4-5,7-9H2,(H,15,16). The van der Waals surface area contributed by atoms with Crippen LogP contribution in [0.2, 0.25) is 0 Å². The third-order valence-corrected chi connectivity index (χ3v) is 3.88. The molecular weight excluding hydrogens is 237 g/mol. The fourth-order valence-electron chi connectivity index (χ4n) is 1.82. The largest absolute Gasteiger partial charge is 0.352 e. The molecule has 2 nitrogen and oxygen atoms in total. The van der Waals surface area contributed by atoms with Gasteiger partial charge in [0.05, 0.1) is 0 Å². The minimum absolute atomic E-state index is 0.0285. The Bertz CT molecular complexity index is 418. The van der Waals surface area contributed by atoms with Crippen molar-refractivity contribution < 1.29 is 9.18 Å². The molecule has 0 radical (unpaired) electrons. The molecule has 17 heavy (non-hydrogen) atoms. The molecule has 4 heteroatoms. The molecule has 1 fully saturated rings. The quantitative estimate of drug-likeness (QED) is 0.776. The number of hydrogen-bond acceptors (Lipinski definition) is 2. The van der Waals surface area contributed by atoms with Gasteiger partial charge in [-0.3, -0.25) is 4.79 Å². The van der Waals surface area contributed by atoms with E-state index in [4.69, 9.17) is 0 Å². The second-order valence-electron chi connectivity index (χ2n) is 4.74. The summed E-state index contributed by atoms with van der Waals surface area (Å²) in [7, 11) is 0. The van der Waals surface area contributed by atoms with Gasteiger partial charge < -0.3 is 5.32 Å². The number of benzene rings is 1. The van der Waals surface area contributed by atoms with Crippen LogP contribution in [0, 0.1) is 11.2 Å². The van der Waals surface area contributed by atoms with Crippen molar-refractivity contribution in [1.82, 2.24) is 5.32 Å². The van der Waals surface area contributed by atoms with Crippen molar-refractivity contribution >= 4 is 18.5 Å². The highest BCUT2D eigenvalue weighted by Crippen LogP contribution is 2.49. The van der Waals surface area contributed by atoms with E-state index in [-0.39, 0.29) is 17.1 Å². The lowest BCUT2D eigenvalue weighted by atomic mass is 10.1. The van der Waals surface area contributed by atoms with Gasteiger partial charge in [0.1, 0.15) is 5.82 Å². The molecule has 2 rings (SSSR count). The van der Waals surface area contributed by atoms with E-state index in [2.05, 4.69) is 17.9 Å². The maximum Gasteiger partial charge on any atom is 0.220 e. The summed E-state index contributed by atoms with van der Waals surface area (Å²) in [5.41, 5.74) is 0.920. The zero-order valence-electron chi connectivity index (χ0n) is 9.58. The van der Waals surface area contributed by atoms with Crippen LogP contribution in [0.5, 0.6) is 0 Å². The molecule has 0 bridgehead atoms. The number of thiol groups is 1. The van der Waals surface area contributed by atoms with Crippen molar-refractivity contribution in [3.63, 3.8) is 0 Å². The summed E-state index contributed by atoms with van der Waals surface area (Å²) in [5, 5.41) is 2.82. The molecule has 0 spiro atoms. The Balaban J connectivity index is 1.80. The molecule has 92 valence electrons. The van der Waals surface area contributed by atoms with Gasteiger partial charge in [-0.15, -0.1) is 0 Å². The predicted molar refractivity (Wildman–Crippen MR) is 68.4 cm³/mol. The van der Waals surface area contributed by atoms with E-state index in [0.29, 0.717) is 13.0 Å². The number of rotatable bonds is 5. The highest BCUT2D eigenvalue weighted by atomic mass is 32.1. The first-order chi connectivity index (χ1) is 8.13. The first kappa shape index (κ1) is 12.4. The van der Waals surface area contributed by atoms with Crippen LogP contribution >= 0.6 is 12.6 Å². The molecule has 0 saturated heterocycles. The molecular formula is C13H16FNOS. The maximum absolute atomic E-state index is 12.9. The van der Waals surface area contributed by atoms with Crippen molar-refractivity contribution in [2.24, 2.45) is 5.41 Å². The van der Waals surface area contributed by atoms with Crippen LogP contribution < -0.4 is 5.32 Å². The van der Waals surface area contributed by atoms with Crippen LogP contribution in [-0.2, 0) is 11.3 Å². The highest BCUT2D eigenvalue weighted by Gasteiger charge is 2.42. The van der Waals surface area contributed by atoms with Gasteiger partial charge in [0.25, 0.3) is 0 Å². The van der Waals surface area contributed by atoms with Gasteiger partial charge in [0.15, 0.2) is 0 Å². The first-order valence-electron chi connectivity index (χ1n) is 5.76. The first-order valence-corrected chi connectivity index (χ1v) is 6.39. The summed E-state index contributed by atoms with van der Waals surface area (Å²) >= 11 is 4.26. The van der Waals surface area contributed by atoms with Gasteiger partial charge in [-0.2, -0.15) is 12.6 Å². The van der Waals surface area contributed by atoms with E-state index in [0.717, 1.165) is 24.2 Å². The zero-order chi connectivity index (χ0) is 12.3. The van der Waals surface area contributed by atoms with Crippen LogP contribution in [0.15, 0.2) is 24.3 Å². The second kappa shape index (κ2) is 5.08. The minimum atomic E-state index is -0.272. The van der Waals surface area contributed by atoms with Crippen molar-refractivity contribution in [1.29, 1.82) is 0 Å². The van der Waals surface area contributed by atoms with E-state index in [1.54, 1.807) is 12.1 Å². The SMILES string of the molecule is O=C(CC1(CS)CC1)NCc1cccc(F)c1. The van der Waals surface area contributed by atoms with Gasteiger partial charge in [0, 0.05) is 13.0 Å². The fraction of sp³-hybridized carbons (Fsp3) is 0.462. The van der Waals surface area contributed by atoms with Gasteiger partial charge in [0.2, 0.25) is 5.91 Å². The monoisotopic (exact) mass is 253 g/mol. The molecule has 1 saturated carbocycles. The molecule has 1 aliphatic rings. The van der Waals surface area contributed by atoms with Crippen LogP contribution in [0.3, 0.4) is 0 Å². The maximum atomic E-state index is 12.9. The average Bonchev–Trinajstić information content (AvgIpc) is 3.07. The van der Waals surface area contributed by atoms with Crippen LogP contribution in [0.25, 0.3) is 0 Å². The lowest BCUT2D eigenvalue weighted by Crippen LogP contribution is -2.26. The van der Waals surface area contributed by atoms with Crippen LogP contribution in [0.1, 0.15) is 24.8 Å². The molecule has 0 unspecified atom stereocenters.